The number of hydrogen-bond donors (Lipinski definition) is 0. The lowest BCUT2D eigenvalue weighted by Crippen LogP contribution is -1.97. The van der Waals surface area contributed by atoms with E-state index in [4.69, 9.17) is 0 Å². The topological polar surface area (TPSA) is 0 Å². The maximum atomic E-state index is 2.42. The molecule has 0 aromatic heterocycles. The van der Waals surface area contributed by atoms with Gasteiger partial charge in [0.1, 0.15) is 0 Å². The minimum absolute atomic E-state index is 0.529. The van der Waals surface area contributed by atoms with Gasteiger partial charge in [-0.2, -0.15) is 0 Å². The Morgan fingerprint density at radius 1 is 0.640 bits per heavy atom. The highest BCUT2D eigenvalue weighted by Gasteiger charge is 2.19. The van der Waals surface area contributed by atoms with E-state index in [1.807, 2.05) is 0 Å². The number of rotatable bonds is 3. The molecule has 0 N–H and O–H groups in total. The fraction of sp³-hybridized carbons (Fsp3) is 0.280. The summed E-state index contributed by atoms with van der Waals surface area (Å²) in [6.45, 7) is 9.12. The van der Waals surface area contributed by atoms with Gasteiger partial charge in [0.05, 0.1) is 0 Å². The number of fused-ring (bicyclic) bond motifs is 3. The Balaban J connectivity index is 1.84. The zero-order valence-electron chi connectivity index (χ0n) is 15.6. The van der Waals surface area contributed by atoms with Gasteiger partial charge in [0.15, 0.2) is 0 Å². The molecule has 126 valence electrons. The van der Waals surface area contributed by atoms with Crippen LogP contribution in [0.3, 0.4) is 0 Å². The standard InChI is InChI=1S/C25H26/c1-16(2)18-9-11-22(17(3)4)25(15-18)20-10-12-24-21(14-20)13-19-7-5-6-8-23(19)24/h5-12,14-17H,13H2,1-4H3. The minimum Gasteiger partial charge on any atom is -0.0619 e. The Bertz CT molecular complexity index is 929. The molecule has 0 atom stereocenters. The maximum absolute atomic E-state index is 2.42. The SMILES string of the molecule is CC(C)c1ccc(C(C)C)c(-c2ccc3c(c2)Cc2ccccc2-3)c1. The molecular weight excluding hydrogens is 300 g/mol. The van der Waals surface area contributed by atoms with Crippen molar-refractivity contribution in [2.24, 2.45) is 0 Å². The van der Waals surface area contributed by atoms with Crippen molar-refractivity contribution < 1.29 is 0 Å². The highest BCUT2D eigenvalue weighted by Crippen LogP contribution is 2.40. The van der Waals surface area contributed by atoms with Gasteiger partial charge in [-0.25, -0.2) is 0 Å². The van der Waals surface area contributed by atoms with Crippen molar-refractivity contribution in [3.63, 3.8) is 0 Å². The Labute approximate surface area is 151 Å². The molecule has 0 fully saturated rings. The summed E-state index contributed by atoms with van der Waals surface area (Å²) in [5, 5.41) is 0. The van der Waals surface area contributed by atoms with Gasteiger partial charge in [-0.3, -0.25) is 0 Å². The summed E-state index contributed by atoms with van der Waals surface area (Å²) in [7, 11) is 0. The first-order valence-electron chi connectivity index (χ1n) is 9.40. The zero-order valence-corrected chi connectivity index (χ0v) is 15.6. The Morgan fingerprint density at radius 2 is 1.40 bits per heavy atom. The molecule has 0 spiro atoms. The van der Waals surface area contributed by atoms with Crippen molar-refractivity contribution in [3.8, 4) is 22.3 Å². The third-order valence-corrected chi connectivity index (χ3v) is 5.47. The first-order chi connectivity index (χ1) is 12.0. The summed E-state index contributed by atoms with van der Waals surface area (Å²) >= 11 is 0. The Hall–Kier alpha value is -2.34. The summed E-state index contributed by atoms with van der Waals surface area (Å²) in [6, 6.07) is 22.9. The molecule has 0 heterocycles. The normalized spacial score (nSPS) is 12.6. The predicted octanol–water partition coefficient (Wildman–Crippen LogP) is 7.17. The van der Waals surface area contributed by atoms with Crippen LogP contribution in [0.25, 0.3) is 22.3 Å². The molecule has 1 aliphatic rings. The van der Waals surface area contributed by atoms with Crippen LogP contribution in [0, 0.1) is 0 Å². The summed E-state index contributed by atoms with van der Waals surface area (Å²) in [4.78, 5) is 0. The van der Waals surface area contributed by atoms with E-state index in [1.165, 1.54) is 44.5 Å². The third-order valence-electron chi connectivity index (χ3n) is 5.47. The average Bonchev–Trinajstić information content (AvgIpc) is 2.98. The molecule has 0 amide bonds. The lowest BCUT2D eigenvalue weighted by Gasteiger charge is -2.17. The van der Waals surface area contributed by atoms with E-state index in [9.17, 15) is 0 Å². The molecule has 0 nitrogen and oxygen atoms in total. The molecule has 0 radical (unpaired) electrons. The smallest absolute Gasteiger partial charge is 0.00132 e. The zero-order chi connectivity index (χ0) is 17.6. The van der Waals surface area contributed by atoms with E-state index >= 15 is 0 Å². The molecule has 3 aromatic carbocycles. The second-order valence-electron chi connectivity index (χ2n) is 7.86. The molecule has 3 aromatic rings. The van der Waals surface area contributed by atoms with Gasteiger partial charge >= 0.3 is 0 Å². The van der Waals surface area contributed by atoms with E-state index in [1.54, 1.807) is 0 Å². The van der Waals surface area contributed by atoms with Crippen LogP contribution in [-0.4, -0.2) is 0 Å². The van der Waals surface area contributed by atoms with Gasteiger partial charge in [0, 0.05) is 0 Å². The van der Waals surface area contributed by atoms with Gasteiger partial charge in [-0.05, 0) is 62.8 Å². The Morgan fingerprint density at radius 3 is 2.16 bits per heavy atom. The van der Waals surface area contributed by atoms with Crippen molar-refractivity contribution >= 4 is 0 Å². The van der Waals surface area contributed by atoms with E-state index < -0.39 is 0 Å². The fourth-order valence-electron chi connectivity index (χ4n) is 4.00. The molecule has 0 bridgehead atoms. The van der Waals surface area contributed by atoms with Crippen LogP contribution in [-0.2, 0) is 6.42 Å². The monoisotopic (exact) mass is 326 g/mol. The second-order valence-corrected chi connectivity index (χ2v) is 7.86. The molecule has 0 unspecified atom stereocenters. The molecule has 0 heteroatoms. The summed E-state index contributed by atoms with van der Waals surface area (Å²) < 4.78 is 0. The summed E-state index contributed by atoms with van der Waals surface area (Å²) in [5.41, 5.74) is 11.4. The van der Waals surface area contributed by atoms with E-state index in [-0.39, 0.29) is 0 Å². The van der Waals surface area contributed by atoms with E-state index in [0.29, 0.717) is 11.8 Å². The van der Waals surface area contributed by atoms with Gasteiger partial charge in [-0.15, -0.1) is 0 Å². The van der Waals surface area contributed by atoms with Crippen molar-refractivity contribution in [2.45, 2.75) is 46.0 Å². The largest absolute Gasteiger partial charge is 0.0619 e. The molecule has 1 aliphatic carbocycles. The average molecular weight is 326 g/mol. The third kappa shape index (κ3) is 2.80. The molecule has 4 rings (SSSR count). The molecule has 0 aliphatic heterocycles. The Kier molecular flexibility index (Phi) is 4.00. The van der Waals surface area contributed by atoms with Gasteiger partial charge in [0.2, 0.25) is 0 Å². The molecule has 0 saturated carbocycles. The fourth-order valence-corrected chi connectivity index (χ4v) is 4.00. The highest BCUT2D eigenvalue weighted by atomic mass is 14.2. The van der Waals surface area contributed by atoms with Gasteiger partial charge < -0.3 is 0 Å². The molecule has 0 saturated heterocycles. The van der Waals surface area contributed by atoms with E-state index in [0.717, 1.165) is 6.42 Å². The predicted molar refractivity (Wildman–Crippen MR) is 108 cm³/mol. The molecule has 25 heavy (non-hydrogen) atoms. The number of hydrogen-bond acceptors (Lipinski definition) is 0. The van der Waals surface area contributed by atoms with Crippen molar-refractivity contribution in [3.05, 3.63) is 82.9 Å². The first kappa shape index (κ1) is 16.1. The highest BCUT2D eigenvalue weighted by molar-refractivity contribution is 5.81. The molecular formula is C25H26. The van der Waals surface area contributed by atoms with Crippen molar-refractivity contribution in [1.82, 2.24) is 0 Å². The van der Waals surface area contributed by atoms with Crippen LogP contribution in [0.1, 0.15) is 61.8 Å². The maximum Gasteiger partial charge on any atom is -0.00132 e. The van der Waals surface area contributed by atoms with Crippen LogP contribution < -0.4 is 0 Å². The van der Waals surface area contributed by atoms with Crippen LogP contribution in [0.5, 0.6) is 0 Å². The van der Waals surface area contributed by atoms with Crippen LogP contribution in [0.15, 0.2) is 60.7 Å². The van der Waals surface area contributed by atoms with Crippen LogP contribution >= 0.6 is 0 Å². The summed E-state index contributed by atoms with van der Waals surface area (Å²) in [6.07, 6.45) is 1.06. The van der Waals surface area contributed by atoms with Crippen LogP contribution in [0.2, 0.25) is 0 Å². The van der Waals surface area contributed by atoms with Crippen molar-refractivity contribution in [1.29, 1.82) is 0 Å². The lowest BCUT2D eigenvalue weighted by molar-refractivity contribution is 0.847. The second kappa shape index (κ2) is 6.19. The van der Waals surface area contributed by atoms with Crippen LogP contribution in [0.4, 0.5) is 0 Å². The minimum atomic E-state index is 0.529. The lowest BCUT2D eigenvalue weighted by atomic mass is 9.87. The first-order valence-corrected chi connectivity index (χ1v) is 9.40. The van der Waals surface area contributed by atoms with Gasteiger partial charge in [-0.1, -0.05) is 88.4 Å². The van der Waals surface area contributed by atoms with E-state index in [2.05, 4.69) is 88.4 Å². The number of benzene rings is 3. The van der Waals surface area contributed by atoms with Gasteiger partial charge in [0.25, 0.3) is 0 Å². The summed E-state index contributed by atoms with van der Waals surface area (Å²) in [5.74, 6) is 1.08. The quantitative estimate of drug-likeness (QED) is 0.374. The van der Waals surface area contributed by atoms with Crippen molar-refractivity contribution in [2.75, 3.05) is 0 Å².